The van der Waals surface area contributed by atoms with E-state index in [2.05, 4.69) is 0 Å². The van der Waals surface area contributed by atoms with Gasteiger partial charge in [-0.2, -0.15) is 5.26 Å². The van der Waals surface area contributed by atoms with Crippen molar-refractivity contribution in [3.63, 3.8) is 0 Å². The smallest absolute Gasteiger partial charge is 0.103 e. The van der Waals surface area contributed by atoms with Crippen LogP contribution in [-0.2, 0) is 0 Å². The Labute approximate surface area is 67.0 Å². The summed E-state index contributed by atoms with van der Waals surface area (Å²) >= 11 is 0. The lowest BCUT2D eigenvalue weighted by Gasteiger charge is -2.18. The molecule has 0 spiro atoms. The van der Waals surface area contributed by atoms with E-state index in [1.54, 1.807) is 0 Å². The Kier molecular flexibility index (Phi) is 2.82. The zero-order chi connectivity index (χ0) is 9.07. The molecule has 0 unspecified atom stereocenters. The van der Waals surface area contributed by atoms with Crippen molar-refractivity contribution in [3.8, 4) is 6.07 Å². The van der Waals surface area contributed by atoms with E-state index in [4.69, 9.17) is 16.4 Å². The van der Waals surface area contributed by atoms with E-state index in [1.165, 1.54) is 6.20 Å². The van der Waals surface area contributed by atoms with Gasteiger partial charge in [0.2, 0.25) is 0 Å². The molecule has 0 rings (SSSR count). The maximum atomic E-state index is 8.52. The van der Waals surface area contributed by atoms with Gasteiger partial charge in [-0.1, -0.05) is 20.8 Å². The summed E-state index contributed by atoms with van der Waals surface area (Å²) in [6, 6.07) is 1.87. The van der Waals surface area contributed by atoms with Crippen molar-refractivity contribution in [2.45, 2.75) is 20.8 Å². The molecule has 0 fully saturated rings. The normalized spacial score (nSPS) is 12.4. The van der Waals surface area contributed by atoms with Gasteiger partial charge < -0.3 is 11.1 Å². The number of rotatable bonds is 1. The predicted octanol–water partition coefficient (Wildman–Crippen LogP) is 1.42. The van der Waals surface area contributed by atoms with Gasteiger partial charge in [-0.15, -0.1) is 0 Å². The molecule has 3 heteroatoms. The van der Waals surface area contributed by atoms with E-state index in [-0.39, 0.29) is 16.7 Å². The topological polar surface area (TPSA) is 73.7 Å². The molecule has 3 nitrogen and oxygen atoms in total. The molecule has 0 aromatic carbocycles. The van der Waals surface area contributed by atoms with Gasteiger partial charge in [0.1, 0.15) is 6.07 Å². The Morgan fingerprint density at radius 2 is 2.00 bits per heavy atom. The molecule has 0 aliphatic carbocycles. The zero-order valence-corrected chi connectivity index (χ0v) is 7.10. The first-order chi connectivity index (χ1) is 4.93. The molecule has 0 radical (unpaired) electrons. The third-order valence-corrected chi connectivity index (χ3v) is 1.31. The minimum absolute atomic E-state index is 0.248. The van der Waals surface area contributed by atoms with Crippen LogP contribution < -0.4 is 5.73 Å². The highest BCUT2D eigenvalue weighted by Gasteiger charge is 2.20. The van der Waals surface area contributed by atoms with Gasteiger partial charge in [-0.25, -0.2) is 0 Å². The fourth-order valence-corrected chi connectivity index (χ4v) is 0.581. The number of nitrogens with one attached hydrogen (secondary N) is 1. The van der Waals surface area contributed by atoms with Crippen LogP contribution in [-0.4, -0.2) is 5.71 Å². The maximum absolute atomic E-state index is 8.52. The first kappa shape index (κ1) is 9.70. The highest BCUT2D eigenvalue weighted by molar-refractivity contribution is 6.04. The van der Waals surface area contributed by atoms with Gasteiger partial charge in [0, 0.05) is 11.6 Å². The van der Waals surface area contributed by atoms with Crippen LogP contribution >= 0.6 is 0 Å². The minimum atomic E-state index is -0.305. The number of nitrogens with zero attached hydrogens (tertiary/aromatic N) is 1. The minimum Gasteiger partial charge on any atom is -0.403 e. The molecule has 0 aliphatic rings. The zero-order valence-electron chi connectivity index (χ0n) is 7.10. The molecular formula is C8H13N3. The second kappa shape index (κ2) is 3.20. The van der Waals surface area contributed by atoms with Crippen molar-refractivity contribution < 1.29 is 0 Å². The summed E-state index contributed by atoms with van der Waals surface area (Å²) in [7, 11) is 0. The van der Waals surface area contributed by atoms with E-state index >= 15 is 0 Å². The third-order valence-electron chi connectivity index (χ3n) is 1.31. The second-order valence-corrected chi connectivity index (χ2v) is 3.32. The number of allylic oxidation sites excluding steroid dienone is 1. The molecule has 0 saturated carbocycles. The quantitative estimate of drug-likeness (QED) is 0.439. The molecule has 0 saturated heterocycles. The van der Waals surface area contributed by atoms with E-state index in [0.29, 0.717) is 0 Å². The lowest BCUT2D eigenvalue weighted by molar-refractivity contribution is 0.588. The summed E-state index contributed by atoms with van der Waals surface area (Å²) in [4.78, 5) is 0. The van der Waals surface area contributed by atoms with Gasteiger partial charge in [0.15, 0.2) is 0 Å². The first-order valence-corrected chi connectivity index (χ1v) is 3.35. The van der Waals surface area contributed by atoms with E-state index < -0.39 is 0 Å². The van der Waals surface area contributed by atoms with Gasteiger partial charge in [0.25, 0.3) is 0 Å². The van der Waals surface area contributed by atoms with Crippen molar-refractivity contribution in [2.24, 2.45) is 11.1 Å². The highest BCUT2D eigenvalue weighted by atomic mass is 14.5. The van der Waals surface area contributed by atoms with Gasteiger partial charge in [-0.3, -0.25) is 0 Å². The summed E-state index contributed by atoms with van der Waals surface area (Å²) in [5.74, 6) is 0. The number of hydrogen-bond donors (Lipinski definition) is 2. The van der Waals surface area contributed by atoms with Gasteiger partial charge in [-0.05, 0) is 0 Å². The fourth-order valence-electron chi connectivity index (χ4n) is 0.581. The van der Waals surface area contributed by atoms with Gasteiger partial charge in [0.05, 0.1) is 11.3 Å². The molecule has 0 amide bonds. The van der Waals surface area contributed by atoms with Crippen LogP contribution in [0.25, 0.3) is 0 Å². The van der Waals surface area contributed by atoms with Crippen molar-refractivity contribution in [2.75, 3.05) is 0 Å². The molecular weight excluding hydrogens is 138 g/mol. The average Bonchev–Trinajstić information content (AvgIpc) is 1.88. The second-order valence-electron chi connectivity index (χ2n) is 3.32. The number of hydrogen-bond acceptors (Lipinski definition) is 3. The third kappa shape index (κ3) is 2.42. The fraction of sp³-hybridized carbons (Fsp3) is 0.500. The SMILES string of the molecule is CC(C)(C)C(=N)/C(C#N)=C\N. The lowest BCUT2D eigenvalue weighted by Crippen LogP contribution is -2.21. The van der Waals surface area contributed by atoms with Crippen LogP contribution in [0.1, 0.15) is 20.8 Å². The molecule has 11 heavy (non-hydrogen) atoms. The summed E-state index contributed by atoms with van der Waals surface area (Å²) < 4.78 is 0. The predicted molar refractivity (Wildman–Crippen MR) is 45.1 cm³/mol. The monoisotopic (exact) mass is 151 g/mol. The van der Waals surface area contributed by atoms with Gasteiger partial charge >= 0.3 is 0 Å². The molecule has 0 aliphatic heterocycles. The van der Waals surface area contributed by atoms with Crippen LogP contribution in [0.3, 0.4) is 0 Å². The average molecular weight is 151 g/mol. The number of nitrogens with two attached hydrogens (primary N) is 1. The molecule has 0 aromatic heterocycles. The summed E-state index contributed by atoms with van der Waals surface area (Å²) in [5, 5.41) is 16.0. The lowest BCUT2D eigenvalue weighted by atomic mass is 9.86. The highest BCUT2D eigenvalue weighted by Crippen LogP contribution is 2.19. The summed E-state index contributed by atoms with van der Waals surface area (Å²) in [6.45, 7) is 5.61. The summed E-state index contributed by atoms with van der Waals surface area (Å²) in [6.07, 6.45) is 1.17. The van der Waals surface area contributed by atoms with Crippen LogP contribution in [0.4, 0.5) is 0 Å². The van der Waals surface area contributed by atoms with E-state index in [0.717, 1.165) is 0 Å². The van der Waals surface area contributed by atoms with Crippen LogP contribution in [0, 0.1) is 22.2 Å². The Morgan fingerprint density at radius 3 is 2.09 bits per heavy atom. The number of nitriles is 1. The van der Waals surface area contributed by atoms with Crippen molar-refractivity contribution in [1.29, 1.82) is 10.7 Å². The molecule has 0 bridgehead atoms. The maximum Gasteiger partial charge on any atom is 0.103 e. The Morgan fingerprint density at radius 1 is 1.55 bits per heavy atom. The molecule has 3 N–H and O–H groups in total. The van der Waals surface area contributed by atoms with Crippen molar-refractivity contribution in [3.05, 3.63) is 11.8 Å². The molecule has 0 aromatic rings. The Hall–Kier alpha value is -1.30. The van der Waals surface area contributed by atoms with Crippen molar-refractivity contribution >= 4 is 5.71 Å². The largest absolute Gasteiger partial charge is 0.403 e. The molecule has 0 atom stereocenters. The Bertz CT molecular complexity index is 225. The van der Waals surface area contributed by atoms with Crippen LogP contribution in [0.5, 0.6) is 0 Å². The first-order valence-electron chi connectivity index (χ1n) is 3.35. The van der Waals surface area contributed by atoms with E-state index in [1.807, 2.05) is 26.8 Å². The van der Waals surface area contributed by atoms with Crippen molar-refractivity contribution in [1.82, 2.24) is 0 Å². The molecule has 60 valence electrons. The Balaban J connectivity index is 4.67. The van der Waals surface area contributed by atoms with E-state index in [9.17, 15) is 0 Å². The molecule has 0 heterocycles. The van der Waals surface area contributed by atoms with Crippen LogP contribution in [0.15, 0.2) is 11.8 Å². The van der Waals surface area contributed by atoms with Crippen LogP contribution in [0.2, 0.25) is 0 Å². The summed E-state index contributed by atoms with van der Waals surface area (Å²) in [5.41, 5.74) is 5.38. The standard InChI is InChI=1S/C8H13N3/c1-8(2,3)7(11)6(4-9)5-10/h4,11H,9H2,1-3H3/b6-4-,11-7?.